The number of H-pyrrole nitrogens is 1. The number of aromatic nitrogens is 6. The number of carbonyl (C=O) groups excluding carboxylic acids is 6. The number of aliphatic hydroxyl groups is 4. The third-order valence-corrected chi connectivity index (χ3v) is 23.7. The minimum Gasteiger partial charge on any atom is -0.459 e. The summed E-state index contributed by atoms with van der Waals surface area (Å²) in [5.41, 5.74) is 20.8. The number of fused-ring (bicyclic) bond motifs is 6. The number of methoxy groups -OCH3 is 2. The van der Waals surface area contributed by atoms with Crippen LogP contribution in [0.25, 0.3) is 33.3 Å². The minimum absolute atomic E-state index is 0.0216. The molecule has 1 aromatic carbocycles. The number of ketones is 2. The van der Waals surface area contributed by atoms with E-state index in [4.69, 9.17) is 78.1 Å². The second-order valence-electron chi connectivity index (χ2n) is 33.0. The molecule has 10 N–H and O–H groups in total. The zero-order chi connectivity index (χ0) is 88.5. The Morgan fingerprint density at radius 2 is 1.40 bits per heavy atom. The van der Waals surface area contributed by atoms with Gasteiger partial charge in [-0.3, -0.25) is 19.2 Å². The van der Waals surface area contributed by atoms with Crippen LogP contribution in [0.5, 0.6) is 0 Å². The third-order valence-electron chi connectivity index (χ3n) is 23.7. The Bertz CT molecular complexity index is 4350. The van der Waals surface area contributed by atoms with Gasteiger partial charge in [0.05, 0.1) is 148 Å². The summed E-state index contributed by atoms with van der Waals surface area (Å²) >= 11 is 0. The lowest BCUT2D eigenvalue weighted by molar-refractivity contribution is -0.245. The van der Waals surface area contributed by atoms with E-state index in [1.807, 2.05) is 72.1 Å². The number of cyclic esters (lactones) is 1. The van der Waals surface area contributed by atoms with Crippen molar-refractivity contribution in [3.8, 4) is 11.3 Å². The smallest absolute Gasteiger partial charge is 0.407 e. The number of ether oxygens (including phenoxy) is 13. The van der Waals surface area contributed by atoms with E-state index in [0.717, 1.165) is 44.6 Å². The molecule has 15 atom stereocenters. The molecule has 4 aliphatic heterocycles. The van der Waals surface area contributed by atoms with Crippen molar-refractivity contribution in [1.82, 2.24) is 44.8 Å². The fraction of sp³-hybridized carbons (Fsp3) is 0.644. The molecule has 8 heterocycles. The van der Waals surface area contributed by atoms with Crippen LogP contribution in [0.4, 0.5) is 10.6 Å². The Labute approximate surface area is 725 Å². The van der Waals surface area contributed by atoms with Crippen LogP contribution in [0, 0.1) is 23.7 Å². The number of esters is 1. The van der Waals surface area contributed by atoms with Crippen molar-refractivity contribution in [1.29, 1.82) is 0 Å². The fourth-order valence-corrected chi connectivity index (χ4v) is 16.6. The van der Waals surface area contributed by atoms with Crippen LogP contribution in [-0.4, -0.2) is 302 Å². The molecular weight excluding hydrogens is 1600 g/mol. The highest BCUT2D eigenvalue weighted by atomic mass is 16.6. The molecular formula is C90H131N11O23. The van der Waals surface area contributed by atoms with Crippen LogP contribution in [0.15, 0.2) is 96.7 Å². The number of Topliss-reactive ketones (excluding diaryl/α,β-unsaturated/α-hetero) is 2. The predicted octanol–water partition coefficient (Wildman–Crippen LogP) is 6.92. The number of nitrogens with zero attached hydrogens (tertiary/aromatic N) is 7. The number of amides is 3. The van der Waals surface area contributed by atoms with Crippen LogP contribution in [0.2, 0.25) is 0 Å². The lowest BCUT2D eigenvalue weighted by atomic mass is 9.80. The van der Waals surface area contributed by atoms with Crippen LogP contribution in [0.1, 0.15) is 141 Å². The highest BCUT2D eigenvalue weighted by Crippen LogP contribution is 2.37. The van der Waals surface area contributed by atoms with E-state index in [-0.39, 0.29) is 88.1 Å². The largest absolute Gasteiger partial charge is 0.459 e. The number of rotatable bonds is 36. The summed E-state index contributed by atoms with van der Waals surface area (Å²) in [7, 11) is 3.07. The number of nitrogen functional groups attached to an aromatic ring is 1. The van der Waals surface area contributed by atoms with Gasteiger partial charge in [-0.2, -0.15) is 5.10 Å². The second-order valence-corrected chi connectivity index (χ2v) is 33.0. The van der Waals surface area contributed by atoms with E-state index >= 15 is 0 Å². The molecule has 34 heteroatoms. The zero-order valence-electron chi connectivity index (χ0n) is 73.0. The average molecular weight is 1740 g/mol. The maximum atomic E-state index is 14.6. The minimum atomic E-state index is -2.46. The summed E-state index contributed by atoms with van der Waals surface area (Å²) in [6.45, 7) is 16.4. The number of carbonyl (C=O) groups is 6. The molecule has 4 aromatic heterocycles. The fourth-order valence-electron chi connectivity index (χ4n) is 16.6. The van der Waals surface area contributed by atoms with Crippen molar-refractivity contribution in [3.05, 3.63) is 113 Å². The van der Waals surface area contributed by atoms with E-state index in [2.05, 4.69) is 43.5 Å². The molecule has 1 aliphatic carbocycles. The average Bonchev–Trinajstić information content (AvgIpc) is 1.57. The van der Waals surface area contributed by atoms with Gasteiger partial charge in [0, 0.05) is 101 Å². The van der Waals surface area contributed by atoms with Crippen molar-refractivity contribution in [3.63, 3.8) is 0 Å². The number of nitrogens with two attached hydrogens (primary N) is 2. The van der Waals surface area contributed by atoms with Gasteiger partial charge < -0.3 is 114 Å². The van der Waals surface area contributed by atoms with Gasteiger partial charge in [-0.1, -0.05) is 75.4 Å². The summed E-state index contributed by atoms with van der Waals surface area (Å²) in [5, 5.41) is 55.6. The number of anilines is 1. The second kappa shape index (κ2) is 50.2. The summed E-state index contributed by atoms with van der Waals surface area (Å²) < 4.78 is 76.8. The number of pyridine rings is 1. The van der Waals surface area contributed by atoms with Gasteiger partial charge in [0.25, 0.3) is 11.7 Å². The first-order valence-corrected chi connectivity index (χ1v) is 43.8. The lowest BCUT2D eigenvalue weighted by Gasteiger charge is -2.40. The molecule has 1 saturated carbocycles. The van der Waals surface area contributed by atoms with Gasteiger partial charge in [-0.05, 0) is 136 Å². The summed E-state index contributed by atoms with van der Waals surface area (Å²) in [6, 6.07) is 8.19. The molecule has 34 nitrogen and oxygen atoms in total. The molecule has 0 spiro atoms. The maximum absolute atomic E-state index is 14.6. The Morgan fingerprint density at radius 1 is 0.718 bits per heavy atom. The summed E-state index contributed by atoms with van der Waals surface area (Å²) in [6.07, 6.45) is 12.3. The van der Waals surface area contributed by atoms with Crippen LogP contribution < -0.4 is 16.8 Å². The quantitative estimate of drug-likeness (QED) is 0.00872. The van der Waals surface area contributed by atoms with E-state index < -0.39 is 108 Å². The molecule has 5 aromatic rings. The van der Waals surface area contributed by atoms with Crippen LogP contribution in [0.3, 0.4) is 0 Å². The highest BCUT2D eigenvalue weighted by molar-refractivity contribution is 6.39. The monoisotopic (exact) mass is 1730 g/mol. The first-order valence-electron chi connectivity index (χ1n) is 43.8. The Kier molecular flexibility index (Phi) is 39.6. The van der Waals surface area contributed by atoms with Gasteiger partial charge in [0.2, 0.25) is 11.7 Å². The third kappa shape index (κ3) is 29.1. The number of hydrogen-bond donors (Lipinski definition) is 8. The number of benzene rings is 1. The molecule has 2 saturated heterocycles. The molecule has 684 valence electrons. The Balaban J connectivity index is 0.545. The van der Waals surface area contributed by atoms with Crippen LogP contribution >= 0.6 is 0 Å². The molecule has 5 aliphatic rings. The highest BCUT2D eigenvalue weighted by Gasteiger charge is 2.50. The molecule has 3 amide bonds. The SMILES string of the molecule is CO[C@H]1C[C@@H]2CCC[C@@](O)(O2)C(=O)C(=O)N2CCCC[C@H]2C(=O)O[C@H]([C@H](N)C[C@@H]2CC[C@@H](OC(=O)NCCOCCOCCOCCOCCOCCOCCOCCOCCC(=O)N3CCc4cc(Cn5nc(-c6cnc7[nH]ccc7c6)c6c(N)ncnc65)ccc4C3)[C@H](OC)C2)C[C@@H](O)[C@H](C)/C=C(\C)[C@@H](O)[C@@H](O)C(=O)[C@H](C)C[C@H](C)/C=C/C=C/C=C/1C. The topological polar surface area (TPSA) is 446 Å². The number of aromatic amines is 1. The van der Waals surface area contributed by atoms with Crippen LogP contribution in [-0.2, 0) is 105 Å². The van der Waals surface area contributed by atoms with E-state index in [0.29, 0.717) is 186 Å². The number of nitrogens with one attached hydrogen (secondary N) is 2. The first-order chi connectivity index (χ1) is 59.9. The van der Waals surface area contributed by atoms with Gasteiger partial charge in [-0.25, -0.2) is 29.2 Å². The maximum Gasteiger partial charge on any atom is 0.407 e. The Hall–Kier alpha value is -8.40. The lowest BCUT2D eigenvalue weighted by Crippen LogP contribution is -2.58. The number of alkyl carbamates (subject to hydrolysis) is 1. The van der Waals surface area contributed by atoms with E-state index in [1.165, 1.54) is 19.0 Å². The van der Waals surface area contributed by atoms with Gasteiger partial charge in [0.1, 0.15) is 53.9 Å². The summed E-state index contributed by atoms with van der Waals surface area (Å²) in [5.74, 6) is -7.26. The van der Waals surface area contributed by atoms with Crippen molar-refractivity contribution in [2.75, 3.05) is 145 Å². The van der Waals surface area contributed by atoms with Crippen molar-refractivity contribution in [2.24, 2.45) is 29.4 Å². The van der Waals surface area contributed by atoms with E-state index in [9.17, 15) is 49.2 Å². The van der Waals surface area contributed by atoms with Gasteiger partial charge in [0.15, 0.2) is 11.4 Å². The molecule has 124 heavy (non-hydrogen) atoms. The predicted molar refractivity (Wildman–Crippen MR) is 459 cm³/mol. The number of allylic oxidation sites excluding steroid dienone is 5. The molecule has 0 radical (unpaired) electrons. The Morgan fingerprint density at radius 3 is 2.09 bits per heavy atom. The molecule has 2 bridgehead atoms. The van der Waals surface area contributed by atoms with E-state index in [1.54, 1.807) is 40.2 Å². The molecule has 10 rings (SSSR count). The number of piperidine rings is 1. The van der Waals surface area contributed by atoms with Crippen molar-refractivity contribution >= 4 is 63.3 Å². The number of hydrogen-bond acceptors (Lipinski definition) is 29. The van der Waals surface area contributed by atoms with Crippen molar-refractivity contribution < 1.29 is 111 Å². The standard InChI is InChI=1S/C90H131N11O23/c1-58-14-9-8-10-15-59(2)74(112-6)52-69-16-13-25-90(111,124-69)83(107)87(108)100-28-12-11-17-71(100)88(109)122-75(53-72(102)60(3)47-62(5)81(105)82(106)80(104)61(4)46-58)70(91)49-63-19-21-73(76(50-63)113-7)123-89(110)94-27-31-115-33-35-117-37-39-119-41-43-121-45-44-120-42-40-118-38-36-116-34-32-114-30-24-77(103)99-29-23-65-48-64(18-20-67(65)56-99)55-101-86-78(84(92)96-57-97-86)79(98-101)68-51-66-22-26-93-85(66)95-54-68/h8-10,14-15,18,20,22,26,47-48,51,54,57-58,60-61,63,69-76,81-82,102,105-106,111H,11-13,16-17,19,21,23-25,27-46,49-50,52-53,55-56,91H2,1-7H3,(H,93,95)(H,94,110)(H2,92,96,97)/b10-8+,14-9+,59-15+,62-47+/t58-,60-,61-,63+,69+,70-,71+,72-,73-,74+,75+,76-,81-,82+,90-/m1/s1. The molecule has 0 unspecified atom stereocenters. The first kappa shape index (κ1) is 97.8. The van der Waals surface area contributed by atoms with Gasteiger partial charge >= 0.3 is 12.1 Å². The zero-order valence-corrected chi connectivity index (χ0v) is 73.0. The van der Waals surface area contributed by atoms with Crippen molar-refractivity contribution in [2.45, 2.75) is 211 Å². The normalized spacial score (nSPS) is 27.3. The summed E-state index contributed by atoms with van der Waals surface area (Å²) in [4.78, 5) is 102. The number of aliphatic hydroxyl groups excluding tert-OH is 3. The molecule has 3 fully saturated rings. The van der Waals surface area contributed by atoms with Gasteiger partial charge in [-0.15, -0.1) is 0 Å².